The zero-order valence-corrected chi connectivity index (χ0v) is 7.97. The SMILES string of the molecule is CCc1ccc(-c2nnc(N)o2)s1. The molecule has 2 aromatic rings. The summed E-state index contributed by atoms with van der Waals surface area (Å²) in [6.07, 6.45) is 1.02. The minimum Gasteiger partial charge on any atom is -0.403 e. The highest BCUT2D eigenvalue weighted by Crippen LogP contribution is 2.27. The number of hydrogen-bond acceptors (Lipinski definition) is 5. The van der Waals surface area contributed by atoms with Crippen molar-refractivity contribution in [3.05, 3.63) is 17.0 Å². The van der Waals surface area contributed by atoms with E-state index in [1.807, 2.05) is 6.07 Å². The Bertz CT molecular complexity index is 407. The summed E-state index contributed by atoms with van der Waals surface area (Å²) in [5.41, 5.74) is 5.32. The van der Waals surface area contributed by atoms with E-state index in [-0.39, 0.29) is 6.01 Å². The molecular weight excluding hydrogens is 186 g/mol. The molecular formula is C8H9N3OS. The normalized spacial score (nSPS) is 10.5. The highest BCUT2D eigenvalue weighted by atomic mass is 32.1. The summed E-state index contributed by atoms with van der Waals surface area (Å²) in [5.74, 6) is 0.502. The molecule has 0 bridgehead atoms. The van der Waals surface area contributed by atoms with Gasteiger partial charge in [0.15, 0.2) is 0 Å². The molecule has 2 heterocycles. The van der Waals surface area contributed by atoms with Crippen molar-refractivity contribution in [3.63, 3.8) is 0 Å². The van der Waals surface area contributed by atoms with Gasteiger partial charge in [-0.25, -0.2) is 0 Å². The van der Waals surface area contributed by atoms with Gasteiger partial charge in [-0.3, -0.25) is 0 Å². The third-order valence-corrected chi connectivity index (χ3v) is 2.88. The number of nitrogens with two attached hydrogens (primary N) is 1. The number of nitrogen functional groups attached to an aromatic ring is 1. The Morgan fingerprint density at radius 1 is 1.46 bits per heavy atom. The zero-order chi connectivity index (χ0) is 9.26. The molecule has 0 amide bonds. The van der Waals surface area contributed by atoms with Crippen molar-refractivity contribution < 1.29 is 4.42 Å². The third-order valence-electron chi connectivity index (χ3n) is 1.66. The van der Waals surface area contributed by atoms with Gasteiger partial charge >= 0.3 is 6.01 Å². The van der Waals surface area contributed by atoms with Crippen molar-refractivity contribution >= 4 is 17.4 Å². The van der Waals surface area contributed by atoms with Crippen molar-refractivity contribution in [2.75, 3.05) is 5.73 Å². The first-order valence-corrected chi connectivity index (χ1v) is 4.79. The van der Waals surface area contributed by atoms with Crippen LogP contribution in [0.3, 0.4) is 0 Å². The van der Waals surface area contributed by atoms with E-state index in [0.717, 1.165) is 11.3 Å². The van der Waals surface area contributed by atoms with E-state index in [1.54, 1.807) is 11.3 Å². The molecule has 2 N–H and O–H groups in total. The van der Waals surface area contributed by atoms with Crippen LogP contribution in [0.4, 0.5) is 6.01 Å². The summed E-state index contributed by atoms with van der Waals surface area (Å²) < 4.78 is 5.09. The van der Waals surface area contributed by atoms with Crippen LogP contribution in [0.15, 0.2) is 16.5 Å². The van der Waals surface area contributed by atoms with E-state index in [2.05, 4.69) is 23.2 Å². The fourth-order valence-corrected chi connectivity index (χ4v) is 1.89. The Balaban J connectivity index is 2.35. The predicted octanol–water partition coefficient (Wildman–Crippen LogP) is 1.94. The van der Waals surface area contributed by atoms with Gasteiger partial charge in [0.2, 0.25) is 0 Å². The van der Waals surface area contributed by atoms with Gasteiger partial charge in [0, 0.05) is 4.88 Å². The molecule has 0 radical (unpaired) electrons. The number of anilines is 1. The van der Waals surface area contributed by atoms with Crippen molar-refractivity contribution in [2.45, 2.75) is 13.3 Å². The maximum absolute atomic E-state index is 5.32. The lowest BCUT2D eigenvalue weighted by molar-refractivity contribution is 0.592. The van der Waals surface area contributed by atoms with Crippen LogP contribution in [-0.4, -0.2) is 10.2 Å². The molecule has 0 saturated carbocycles. The summed E-state index contributed by atoms with van der Waals surface area (Å²) in [4.78, 5) is 2.27. The maximum Gasteiger partial charge on any atom is 0.313 e. The van der Waals surface area contributed by atoms with Gasteiger partial charge in [-0.15, -0.1) is 16.4 Å². The van der Waals surface area contributed by atoms with Crippen molar-refractivity contribution in [1.29, 1.82) is 0 Å². The Morgan fingerprint density at radius 3 is 2.85 bits per heavy atom. The van der Waals surface area contributed by atoms with Crippen LogP contribution in [0.1, 0.15) is 11.8 Å². The molecule has 0 saturated heterocycles. The molecule has 0 aliphatic carbocycles. The van der Waals surface area contributed by atoms with E-state index in [4.69, 9.17) is 10.2 Å². The first-order valence-electron chi connectivity index (χ1n) is 3.97. The average molecular weight is 195 g/mol. The topological polar surface area (TPSA) is 64.9 Å². The van der Waals surface area contributed by atoms with Crippen molar-refractivity contribution in [2.24, 2.45) is 0 Å². The maximum atomic E-state index is 5.32. The third kappa shape index (κ3) is 1.55. The second kappa shape index (κ2) is 3.18. The fourth-order valence-electron chi connectivity index (χ4n) is 1.02. The average Bonchev–Trinajstić information content (AvgIpc) is 2.71. The van der Waals surface area contributed by atoms with E-state index in [0.29, 0.717) is 5.89 Å². The highest BCUT2D eigenvalue weighted by Gasteiger charge is 2.08. The lowest BCUT2D eigenvalue weighted by atomic mass is 10.4. The molecule has 0 aliphatic heterocycles. The molecule has 2 aromatic heterocycles. The number of hydrogen-bond donors (Lipinski definition) is 1. The van der Waals surface area contributed by atoms with Crippen LogP contribution in [0.25, 0.3) is 10.8 Å². The summed E-state index contributed by atoms with van der Waals surface area (Å²) in [7, 11) is 0. The largest absolute Gasteiger partial charge is 0.403 e. The van der Waals surface area contributed by atoms with Crippen molar-refractivity contribution in [3.8, 4) is 10.8 Å². The molecule has 0 unspecified atom stereocenters. The van der Waals surface area contributed by atoms with Crippen LogP contribution in [-0.2, 0) is 6.42 Å². The van der Waals surface area contributed by atoms with E-state index in [9.17, 15) is 0 Å². The zero-order valence-electron chi connectivity index (χ0n) is 7.15. The predicted molar refractivity (Wildman–Crippen MR) is 51.4 cm³/mol. The Kier molecular flexibility index (Phi) is 2.02. The van der Waals surface area contributed by atoms with Gasteiger partial charge in [0.05, 0.1) is 4.88 Å². The smallest absolute Gasteiger partial charge is 0.313 e. The van der Waals surface area contributed by atoms with Gasteiger partial charge in [0.25, 0.3) is 5.89 Å². The molecule has 0 aromatic carbocycles. The molecule has 68 valence electrons. The van der Waals surface area contributed by atoms with Crippen molar-refractivity contribution in [1.82, 2.24) is 10.2 Å². The highest BCUT2D eigenvalue weighted by molar-refractivity contribution is 7.15. The summed E-state index contributed by atoms with van der Waals surface area (Å²) in [6, 6.07) is 4.14. The van der Waals surface area contributed by atoms with Gasteiger partial charge < -0.3 is 10.2 Å². The molecule has 0 atom stereocenters. The Hall–Kier alpha value is -1.36. The van der Waals surface area contributed by atoms with E-state index < -0.39 is 0 Å². The minimum atomic E-state index is 0.112. The second-order valence-electron chi connectivity index (χ2n) is 2.56. The number of rotatable bonds is 2. The minimum absolute atomic E-state index is 0.112. The standard InChI is InChI=1S/C8H9N3OS/c1-2-5-3-4-6(13-5)7-10-11-8(9)12-7/h3-4H,2H2,1H3,(H2,9,11). The number of thiophene rings is 1. The van der Waals surface area contributed by atoms with Crippen LogP contribution in [0, 0.1) is 0 Å². The first kappa shape index (κ1) is 8.25. The van der Waals surface area contributed by atoms with Crippen LogP contribution >= 0.6 is 11.3 Å². The molecule has 0 spiro atoms. The van der Waals surface area contributed by atoms with Crippen LogP contribution < -0.4 is 5.73 Å². The molecule has 0 fully saturated rings. The lowest BCUT2D eigenvalue weighted by Gasteiger charge is -1.85. The summed E-state index contributed by atoms with van der Waals surface area (Å²) in [5, 5.41) is 7.40. The van der Waals surface area contributed by atoms with Gasteiger partial charge in [-0.2, -0.15) is 0 Å². The van der Waals surface area contributed by atoms with Gasteiger partial charge in [-0.1, -0.05) is 12.0 Å². The Labute approximate surface area is 79.4 Å². The van der Waals surface area contributed by atoms with E-state index >= 15 is 0 Å². The van der Waals surface area contributed by atoms with Crippen LogP contribution in [0.5, 0.6) is 0 Å². The summed E-state index contributed by atoms with van der Waals surface area (Å²) in [6.45, 7) is 2.11. The molecule has 5 heteroatoms. The monoisotopic (exact) mass is 195 g/mol. The van der Waals surface area contributed by atoms with Gasteiger partial charge in [0.1, 0.15) is 0 Å². The number of nitrogens with zero attached hydrogens (tertiary/aromatic N) is 2. The molecule has 2 rings (SSSR count). The fraction of sp³-hybridized carbons (Fsp3) is 0.250. The number of aromatic nitrogens is 2. The summed E-state index contributed by atoms with van der Waals surface area (Å²) >= 11 is 1.65. The van der Waals surface area contributed by atoms with Gasteiger partial charge in [-0.05, 0) is 18.6 Å². The first-order chi connectivity index (χ1) is 6.29. The Morgan fingerprint density at radius 2 is 2.31 bits per heavy atom. The number of aryl methyl sites for hydroxylation is 1. The lowest BCUT2D eigenvalue weighted by Crippen LogP contribution is -1.81. The molecule has 0 aliphatic rings. The quantitative estimate of drug-likeness (QED) is 0.795. The van der Waals surface area contributed by atoms with E-state index in [1.165, 1.54) is 4.88 Å². The van der Waals surface area contributed by atoms with Crippen LogP contribution in [0.2, 0.25) is 0 Å². The molecule has 4 nitrogen and oxygen atoms in total. The second-order valence-corrected chi connectivity index (χ2v) is 3.73. The molecule has 13 heavy (non-hydrogen) atoms.